The molecule has 29 heavy (non-hydrogen) atoms. The Morgan fingerprint density at radius 1 is 1.28 bits per heavy atom. The van der Waals surface area contributed by atoms with Crippen LogP contribution >= 0.6 is 11.3 Å². The van der Waals surface area contributed by atoms with Gasteiger partial charge in [0, 0.05) is 29.9 Å². The second kappa shape index (κ2) is 6.73. The van der Waals surface area contributed by atoms with Crippen LogP contribution in [0.4, 0.5) is 0 Å². The number of thiazole rings is 1. The number of carbonyl (C=O) groups is 1. The lowest BCUT2D eigenvalue weighted by Gasteiger charge is -2.20. The lowest BCUT2D eigenvalue weighted by atomic mass is 9.86. The molecular formula is C23H24N2O3S. The largest absolute Gasteiger partial charge is 0.492 e. The van der Waals surface area contributed by atoms with E-state index in [0.29, 0.717) is 19.6 Å². The van der Waals surface area contributed by atoms with Crippen LogP contribution in [0.1, 0.15) is 32.8 Å². The minimum Gasteiger partial charge on any atom is -0.492 e. The molecule has 6 heteroatoms. The van der Waals surface area contributed by atoms with Gasteiger partial charge in [0.25, 0.3) is 0 Å². The second-order valence-electron chi connectivity index (χ2n) is 8.65. The van der Waals surface area contributed by atoms with E-state index >= 15 is 0 Å². The molecule has 0 aliphatic carbocycles. The Kier molecular flexibility index (Phi) is 4.28. The first-order valence-corrected chi connectivity index (χ1v) is 10.9. The molecule has 3 heterocycles. The topological polar surface area (TPSA) is 60.5 Å². The molecule has 1 saturated heterocycles. The number of hydrogen-bond acceptors (Lipinski definition) is 5. The molecule has 5 nitrogen and oxygen atoms in total. The van der Waals surface area contributed by atoms with Crippen LogP contribution in [0.15, 0.2) is 35.8 Å². The molecule has 1 fully saturated rings. The lowest BCUT2D eigenvalue weighted by molar-refractivity contribution is -0.119. The van der Waals surface area contributed by atoms with Gasteiger partial charge in [-0.1, -0.05) is 26.0 Å². The highest BCUT2D eigenvalue weighted by Gasteiger charge is 2.32. The predicted octanol–water partition coefficient (Wildman–Crippen LogP) is 4.54. The van der Waals surface area contributed by atoms with E-state index < -0.39 is 0 Å². The molecular weight excluding hydrogens is 384 g/mol. The number of amides is 1. The Labute approximate surface area is 174 Å². The SMILES string of the molecule is CC(Oc1cc(-c2ccc3c(c2)OCC3(C)C)cc2ncsc12)C1CNC(=O)C1. The average Bonchev–Trinajstić information content (AvgIpc) is 3.41. The molecule has 0 spiro atoms. The summed E-state index contributed by atoms with van der Waals surface area (Å²) < 4.78 is 13.3. The number of rotatable bonds is 4. The maximum atomic E-state index is 11.6. The van der Waals surface area contributed by atoms with E-state index in [1.165, 1.54) is 5.56 Å². The number of aromatic nitrogens is 1. The van der Waals surface area contributed by atoms with E-state index in [1.54, 1.807) is 11.3 Å². The van der Waals surface area contributed by atoms with Gasteiger partial charge in [0.1, 0.15) is 17.6 Å². The van der Waals surface area contributed by atoms with Gasteiger partial charge in [-0.3, -0.25) is 4.79 Å². The first kappa shape index (κ1) is 18.4. The number of ether oxygens (including phenoxy) is 2. The molecule has 1 aromatic heterocycles. The van der Waals surface area contributed by atoms with Gasteiger partial charge >= 0.3 is 0 Å². The van der Waals surface area contributed by atoms with E-state index in [-0.39, 0.29) is 23.3 Å². The summed E-state index contributed by atoms with van der Waals surface area (Å²) >= 11 is 1.58. The molecule has 2 unspecified atom stereocenters. The summed E-state index contributed by atoms with van der Waals surface area (Å²) in [5.41, 5.74) is 6.22. The third-order valence-electron chi connectivity index (χ3n) is 6.02. The molecule has 2 aliphatic heterocycles. The van der Waals surface area contributed by atoms with Crippen molar-refractivity contribution in [1.29, 1.82) is 0 Å². The fraction of sp³-hybridized carbons (Fsp3) is 0.391. The standard InChI is InChI=1S/C23H24N2O3S/c1-13(16-9-21(26)24-10-16)28-20-8-15(6-18-22(20)29-12-25-18)14-4-5-17-19(7-14)27-11-23(17,2)3/h4-8,12-13,16H,9-11H2,1-3H3,(H,24,26). The molecule has 2 aromatic carbocycles. The molecule has 5 rings (SSSR count). The molecule has 0 radical (unpaired) electrons. The van der Waals surface area contributed by atoms with E-state index in [0.717, 1.165) is 32.8 Å². The zero-order chi connectivity index (χ0) is 20.2. The normalized spacial score (nSPS) is 20.9. The zero-order valence-corrected chi connectivity index (χ0v) is 17.6. The zero-order valence-electron chi connectivity index (χ0n) is 16.8. The molecule has 2 aliphatic rings. The summed E-state index contributed by atoms with van der Waals surface area (Å²) in [6, 6.07) is 10.6. The lowest BCUT2D eigenvalue weighted by Crippen LogP contribution is -2.25. The van der Waals surface area contributed by atoms with Crippen molar-refractivity contribution in [2.24, 2.45) is 5.92 Å². The first-order chi connectivity index (χ1) is 13.9. The number of hydrogen-bond donors (Lipinski definition) is 1. The van der Waals surface area contributed by atoms with Gasteiger partial charge in [-0.15, -0.1) is 11.3 Å². The van der Waals surface area contributed by atoms with Gasteiger partial charge in [-0.2, -0.15) is 0 Å². The summed E-state index contributed by atoms with van der Waals surface area (Å²) in [7, 11) is 0. The van der Waals surface area contributed by atoms with Crippen LogP contribution in [0.3, 0.4) is 0 Å². The van der Waals surface area contributed by atoms with Crippen molar-refractivity contribution in [3.05, 3.63) is 41.4 Å². The molecule has 2 atom stereocenters. The van der Waals surface area contributed by atoms with Crippen LogP contribution in [0.2, 0.25) is 0 Å². The minimum absolute atomic E-state index is 0.0448. The van der Waals surface area contributed by atoms with Crippen LogP contribution in [-0.2, 0) is 10.2 Å². The van der Waals surface area contributed by atoms with Crippen molar-refractivity contribution in [3.63, 3.8) is 0 Å². The average molecular weight is 409 g/mol. The fourth-order valence-corrected chi connectivity index (χ4v) is 4.89. The maximum Gasteiger partial charge on any atom is 0.220 e. The van der Waals surface area contributed by atoms with Gasteiger partial charge in [-0.05, 0) is 36.2 Å². The summed E-state index contributed by atoms with van der Waals surface area (Å²) in [6.07, 6.45) is 0.462. The van der Waals surface area contributed by atoms with Gasteiger partial charge in [0.05, 0.1) is 22.3 Å². The highest BCUT2D eigenvalue weighted by Crippen LogP contribution is 2.42. The number of nitrogens with zero attached hydrogens (tertiary/aromatic N) is 1. The highest BCUT2D eigenvalue weighted by molar-refractivity contribution is 7.17. The Bertz CT molecular complexity index is 1100. The Morgan fingerprint density at radius 3 is 2.93 bits per heavy atom. The van der Waals surface area contributed by atoms with Crippen LogP contribution in [-0.4, -0.2) is 30.1 Å². The summed E-state index contributed by atoms with van der Waals surface area (Å²) in [4.78, 5) is 16.1. The monoisotopic (exact) mass is 408 g/mol. The van der Waals surface area contributed by atoms with Gasteiger partial charge < -0.3 is 14.8 Å². The minimum atomic E-state index is -0.0568. The van der Waals surface area contributed by atoms with E-state index in [2.05, 4.69) is 54.5 Å². The number of fused-ring (bicyclic) bond motifs is 2. The van der Waals surface area contributed by atoms with E-state index in [4.69, 9.17) is 9.47 Å². The van der Waals surface area contributed by atoms with Crippen molar-refractivity contribution in [3.8, 4) is 22.6 Å². The van der Waals surface area contributed by atoms with Gasteiger partial charge in [-0.25, -0.2) is 4.98 Å². The highest BCUT2D eigenvalue weighted by atomic mass is 32.1. The van der Waals surface area contributed by atoms with E-state index in [9.17, 15) is 4.79 Å². The van der Waals surface area contributed by atoms with E-state index in [1.807, 2.05) is 12.4 Å². The smallest absolute Gasteiger partial charge is 0.220 e. The summed E-state index contributed by atoms with van der Waals surface area (Å²) in [6.45, 7) is 7.82. The quantitative estimate of drug-likeness (QED) is 0.689. The van der Waals surface area contributed by atoms with Crippen molar-refractivity contribution >= 4 is 27.5 Å². The molecule has 0 saturated carbocycles. The van der Waals surface area contributed by atoms with Gasteiger partial charge in [0.15, 0.2) is 0 Å². The third-order valence-corrected chi connectivity index (χ3v) is 6.87. The maximum absolute atomic E-state index is 11.6. The molecule has 3 aromatic rings. The van der Waals surface area contributed by atoms with Crippen LogP contribution in [0.5, 0.6) is 11.5 Å². The summed E-state index contributed by atoms with van der Waals surface area (Å²) in [5, 5.41) is 2.89. The second-order valence-corrected chi connectivity index (χ2v) is 9.50. The van der Waals surface area contributed by atoms with Crippen molar-refractivity contribution in [1.82, 2.24) is 10.3 Å². The van der Waals surface area contributed by atoms with Crippen LogP contribution in [0.25, 0.3) is 21.3 Å². The summed E-state index contributed by atoms with van der Waals surface area (Å²) in [5.74, 6) is 2.07. The Balaban J connectivity index is 1.50. The predicted molar refractivity (Wildman–Crippen MR) is 115 cm³/mol. The number of carbonyl (C=O) groups excluding carboxylic acids is 1. The molecule has 1 N–H and O–H groups in total. The fourth-order valence-electron chi connectivity index (χ4n) is 4.16. The van der Waals surface area contributed by atoms with Crippen LogP contribution < -0.4 is 14.8 Å². The first-order valence-electron chi connectivity index (χ1n) is 9.99. The van der Waals surface area contributed by atoms with Gasteiger partial charge in [0.2, 0.25) is 5.91 Å². The van der Waals surface area contributed by atoms with Crippen molar-refractivity contribution in [2.45, 2.75) is 38.7 Å². The number of nitrogens with one attached hydrogen (secondary N) is 1. The van der Waals surface area contributed by atoms with Crippen molar-refractivity contribution < 1.29 is 14.3 Å². The molecule has 1 amide bonds. The van der Waals surface area contributed by atoms with Crippen molar-refractivity contribution in [2.75, 3.05) is 13.2 Å². The van der Waals surface area contributed by atoms with Crippen LogP contribution in [0, 0.1) is 5.92 Å². The Hall–Kier alpha value is -2.60. The molecule has 0 bridgehead atoms. The Morgan fingerprint density at radius 2 is 2.14 bits per heavy atom. The number of benzene rings is 2. The third kappa shape index (κ3) is 3.25. The molecule has 150 valence electrons.